The van der Waals surface area contributed by atoms with Crippen molar-refractivity contribution in [3.63, 3.8) is 0 Å². The lowest BCUT2D eigenvalue weighted by atomic mass is 10.2. The van der Waals surface area contributed by atoms with Crippen LogP contribution in [0.2, 0.25) is 0 Å². The van der Waals surface area contributed by atoms with E-state index in [9.17, 15) is 14.9 Å². The molecule has 0 bridgehead atoms. The molecule has 1 aromatic carbocycles. The van der Waals surface area contributed by atoms with Crippen LogP contribution in [-0.4, -0.2) is 22.5 Å². The number of nitro groups is 1. The summed E-state index contributed by atoms with van der Waals surface area (Å²) in [6.45, 7) is -0.0461. The Hall–Kier alpha value is -1.95. The molecule has 0 spiro atoms. The van der Waals surface area contributed by atoms with Crippen molar-refractivity contribution in [2.75, 3.05) is 6.54 Å². The van der Waals surface area contributed by atoms with E-state index in [2.05, 4.69) is 5.32 Å². The van der Waals surface area contributed by atoms with E-state index in [4.69, 9.17) is 5.11 Å². The lowest BCUT2D eigenvalue weighted by Crippen LogP contribution is -2.22. The van der Waals surface area contributed by atoms with E-state index in [1.54, 1.807) is 18.2 Å². The Labute approximate surface area is 85.7 Å². The highest BCUT2D eigenvalue weighted by Gasteiger charge is 2.11. The maximum Gasteiger partial charge on any atom is 0.317 e. The van der Waals surface area contributed by atoms with Crippen molar-refractivity contribution in [3.05, 3.63) is 39.9 Å². The standard InChI is InChI=1S/C9H10N2O4/c12-9(13)6-10-5-7-3-1-2-4-8(7)11(14)15/h1-4,10H,5-6H2,(H,12,13). The molecule has 15 heavy (non-hydrogen) atoms. The number of nitrogens with zero attached hydrogens (tertiary/aromatic N) is 1. The van der Waals surface area contributed by atoms with Gasteiger partial charge in [-0.25, -0.2) is 0 Å². The second-order valence-electron chi connectivity index (χ2n) is 2.88. The largest absolute Gasteiger partial charge is 0.480 e. The number of hydrogen-bond acceptors (Lipinski definition) is 4. The summed E-state index contributed by atoms with van der Waals surface area (Å²) in [7, 11) is 0. The fourth-order valence-electron chi connectivity index (χ4n) is 1.14. The van der Waals surface area contributed by atoms with E-state index in [0.717, 1.165) is 0 Å². The summed E-state index contributed by atoms with van der Waals surface area (Å²) < 4.78 is 0. The first-order valence-corrected chi connectivity index (χ1v) is 4.26. The summed E-state index contributed by atoms with van der Waals surface area (Å²) >= 11 is 0. The Morgan fingerprint density at radius 1 is 1.47 bits per heavy atom. The van der Waals surface area contributed by atoms with Gasteiger partial charge < -0.3 is 10.4 Å². The summed E-state index contributed by atoms with van der Waals surface area (Å²) in [5, 5.41) is 21.5. The van der Waals surface area contributed by atoms with E-state index in [1.165, 1.54) is 6.07 Å². The number of rotatable bonds is 5. The number of nitrogens with one attached hydrogen (secondary N) is 1. The normalized spacial score (nSPS) is 9.87. The molecule has 0 fully saturated rings. The lowest BCUT2D eigenvalue weighted by molar-refractivity contribution is -0.385. The van der Waals surface area contributed by atoms with Crippen LogP contribution in [0, 0.1) is 10.1 Å². The number of aliphatic carboxylic acids is 1. The molecule has 0 saturated carbocycles. The first-order chi connectivity index (χ1) is 7.11. The Balaban J connectivity index is 2.67. The van der Waals surface area contributed by atoms with E-state index in [1.807, 2.05) is 0 Å². The van der Waals surface area contributed by atoms with Crippen LogP contribution in [0.5, 0.6) is 0 Å². The average molecular weight is 210 g/mol. The van der Waals surface area contributed by atoms with Gasteiger partial charge >= 0.3 is 5.97 Å². The molecule has 0 aliphatic carbocycles. The molecule has 2 N–H and O–H groups in total. The van der Waals surface area contributed by atoms with Gasteiger partial charge in [-0.1, -0.05) is 18.2 Å². The van der Waals surface area contributed by atoms with E-state index in [0.29, 0.717) is 5.56 Å². The van der Waals surface area contributed by atoms with Crippen LogP contribution in [0.1, 0.15) is 5.56 Å². The van der Waals surface area contributed by atoms with Crippen molar-refractivity contribution >= 4 is 11.7 Å². The molecule has 0 amide bonds. The first-order valence-electron chi connectivity index (χ1n) is 4.26. The zero-order valence-corrected chi connectivity index (χ0v) is 7.84. The summed E-state index contributed by atoms with van der Waals surface area (Å²) in [6.07, 6.45) is 0. The molecule has 0 radical (unpaired) electrons. The quantitative estimate of drug-likeness (QED) is 0.553. The molecule has 0 atom stereocenters. The number of carbonyl (C=O) groups is 1. The Kier molecular flexibility index (Phi) is 3.75. The van der Waals surface area contributed by atoms with Gasteiger partial charge in [-0.3, -0.25) is 14.9 Å². The van der Waals surface area contributed by atoms with Gasteiger partial charge in [0.15, 0.2) is 0 Å². The van der Waals surface area contributed by atoms with E-state index >= 15 is 0 Å². The summed E-state index contributed by atoms with van der Waals surface area (Å²) in [5.74, 6) is -0.992. The topological polar surface area (TPSA) is 92.5 Å². The smallest absolute Gasteiger partial charge is 0.317 e. The SMILES string of the molecule is O=C(O)CNCc1ccccc1[N+](=O)[O-]. The number of benzene rings is 1. The van der Waals surface area contributed by atoms with Crippen LogP contribution >= 0.6 is 0 Å². The van der Waals surface area contributed by atoms with Gasteiger partial charge in [0.2, 0.25) is 0 Å². The molecule has 0 aliphatic heterocycles. The van der Waals surface area contributed by atoms with Crippen molar-refractivity contribution < 1.29 is 14.8 Å². The third-order valence-corrected chi connectivity index (χ3v) is 1.78. The molecule has 0 unspecified atom stereocenters. The van der Waals surface area contributed by atoms with Gasteiger partial charge in [0.25, 0.3) is 5.69 Å². The monoisotopic (exact) mass is 210 g/mol. The maximum absolute atomic E-state index is 10.6. The first kappa shape index (κ1) is 11.1. The van der Waals surface area contributed by atoms with Crippen molar-refractivity contribution in [1.82, 2.24) is 5.32 Å². The Morgan fingerprint density at radius 3 is 2.73 bits per heavy atom. The fraction of sp³-hybridized carbons (Fsp3) is 0.222. The minimum atomic E-state index is -0.992. The summed E-state index contributed by atoms with van der Waals surface area (Å²) in [5.41, 5.74) is 0.471. The van der Waals surface area contributed by atoms with Crippen LogP contribution in [0.25, 0.3) is 0 Å². The molecule has 1 rings (SSSR count). The average Bonchev–Trinajstić information content (AvgIpc) is 2.17. The van der Waals surface area contributed by atoms with Crippen molar-refractivity contribution in [3.8, 4) is 0 Å². The van der Waals surface area contributed by atoms with Gasteiger partial charge in [0.1, 0.15) is 0 Å². The molecule has 0 saturated heterocycles. The van der Waals surface area contributed by atoms with E-state index in [-0.39, 0.29) is 18.8 Å². The molecular weight excluding hydrogens is 200 g/mol. The van der Waals surface area contributed by atoms with Gasteiger partial charge in [0.05, 0.1) is 11.5 Å². The number of para-hydroxylation sites is 1. The highest BCUT2D eigenvalue weighted by atomic mass is 16.6. The Morgan fingerprint density at radius 2 is 2.13 bits per heavy atom. The van der Waals surface area contributed by atoms with Gasteiger partial charge in [-0.05, 0) is 0 Å². The Bertz CT molecular complexity index is 378. The lowest BCUT2D eigenvalue weighted by Gasteiger charge is -2.02. The van der Waals surface area contributed by atoms with Crippen molar-refractivity contribution in [1.29, 1.82) is 0 Å². The third-order valence-electron chi connectivity index (χ3n) is 1.78. The number of hydrogen-bond donors (Lipinski definition) is 2. The molecule has 80 valence electrons. The molecule has 6 nitrogen and oxygen atoms in total. The molecule has 6 heteroatoms. The van der Waals surface area contributed by atoms with Gasteiger partial charge in [-0.2, -0.15) is 0 Å². The predicted octanol–water partition coefficient (Wildman–Crippen LogP) is 0.769. The van der Waals surface area contributed by atoms with Crippen LogP contribution in [0.3, 0.4) is 0 Å². The third kappa shape index (κ3) is 3.35. The van der Waals surface area contributed by atoms with E-state index < -0.39 is 10.9 Å². The highest BCUT2D eigenvalue weighted by Crippen LogP contribution is 2.16. The zero-order chi connectivity index (χ0) is 11.3. The predicted molar refractivity (Wildman–Crippen MR) is 52.4 cm³/mol. The number of carboxylic acids is 1. The molecule has 0 heterocycles. The summed E-state index contributed by atoms with van der Waals surface area (Å²) in [4.78, 5) is 20.3. The van der Waals surface area contributed by atoms with Crippen LogP contribution in [0.15, 0.2) is 24.3 Å². The van der Waals surface area contributed by atoms with Crippen LogP contribution in [0.4, 0.5) is 5.69 Å². The second kappa shape index (κ2) is 5.06. The summed E-state index contributed by atoms with van der Waals surface area (Å²) in [6, 6.07) is 6.22. The molecule has 1 aromatic rings. The zero-order valence-electron chi connectivity index (χ0n) is 7.84. The van der Waals surface area contributed by atoms with Crippen LogP contribution < -0.4 is 5.32 Å². The molecular formula is C9H10N2O4. The molecule has 0 aliphatic rings. The fourth-order valence-corrected chi connectivity index (χ4v) is 1.14. The number of carboxylic acid groups (broad SMARTS) is 1. The minimum Gasteiger partial charge on any atom is -0.480 e. The second-order valence-corrected chi connectivity index (χ2v) is 2.88. The van der Waals surface area contributed by atoms with Crippen LogP contribution in [-0.2, 0) is 11.3 Å². The maximum atomic E-state index is 10.6. The molecule has 0 aromatic heterocycles. The van der Waals surface area contributed by atoms with Crippen molar-refractivity contribution in [2.24, 2.45) is 0 Å². The minimum absolute atomic E-state index is 0.00427. The van der Waals surface area contributed by atoms with Crippen molar-refractivity contribution in [2.45, 2.75) is 6.54 Å². The van der Waals surface area contributed by atoms with Gasteiger partial charge in [0, 0.05) is 18.2 Å². The number of nitro benzene ring substituents is 1. The highest BCUT2D eigenvalue weighted by molar-refractivity contribution is 5.69. The van der Waals surface area contributed by atoms with Gasteiger partial charge in [-0.15, -0.1) is 0 Å².